The van der Waals surface area contributed by atoms with Crippen LogP contribution in [-0.2, 0) is 0 Å². The summed E-state index contributed by atoms with van der Waals surface area (Å²) in [5.74, 6) is 0.852. The highest BCUT2D eigenvalue weighted by Crippen LogP contribution is 2.38. The molecule has 2 N–H and O–H groups in total. The average Bonchev–Trinajstić information content (AvgIpc) is 2.81. The SMILES string of the molecule is CCN(CC)C(CC)(CC)C(N)c1occc1Br. The summed E-state index contributed by atoms with van der Waals surface area (Å²) >= 11 is 3.52. The van der Waals surface area contributed by atoms with E-state index in [1.165, 1.54) is 0 Å². The first-order chi connectivity index (χ1) is 8.57. The third-order valence-corrected chi connectivity index (χ3v) is 4.78. The Kier molecular flexibility index (Phi) is 5.89. The van der Waals surface area contributed by atoms with Gasteiger partial charge in [-0.2, -0.15) is 0 Å². The zero-order valence-electron chi connectivity index (χ0n) is 11.9. The van der Waals surface area contributed by atoms with Crippen molar-refractivity contribution in [3.8, 4) is 0 Å². The van der Waals surface area contributed by atoms with Gasteiger partial charge in [0.05, 0.1) is 16.8 Å². The lowest BCUT2D eigenvalue weighted by Gasteiger charge is -2.45. The van der Waals surface area contributed by atoms with Crippen LogP contribution in [0, 0.1) is 0 Å². The first-order valence-electron chi connectivity index (χ1n) is 6.80. The van der Waals surface area contributed by atoms with E-state index in [9.17, 15) is 0 Å². The van der Waals surface area contributed by atoms with E-state index >= 15 is 0 Å². The second-order valence-corrected chi connectivity index (χ2v) is 5.45. The lowest BCUT2D eigenvalue weighted by molar-refractivity contribution is 0.0551. The Morgan fingerprint density at radius 1 is 1.28 bits per heavy atom. The Hall–Kier alpha value is -0.320. The standard InChI is InChI=1S/C14H25BrN2O/c1-5-14(6-2,17(7-3)8-4)13(16)12-11(15)9-10-18-12/h9-10,13H,5-8,16H2,1-4H3. The maximum Gasteiger partial charge on any atom is 0.136 e. The van der Waals surface area contributed by atoms with Crippen LogP contribution in [0.3, 0.4) is 0 Å². The van der Waals surface area contributed by atoms with Crippen molar-refractivity contribution in [2.24, 2.45) is 5.73 Å². The number of furan rings is 1. The fourth-order valence-corrected chi connectivity index (χ4v) is 3.41. The lowest BCUT2D eigenvalue weighted by Crippen LogP contribution is -2.54. The Balaban J connectivity index is 3.15. The molecule has 3 nitrogen and oxygen atoms in total. The molecule has 1 unspecified atom stereocenters. The lowest BCUT2D eigenvalue weighted by atomic mass is 9.81. The molecule has 1 aromatic rings. The van der Waals surface area contributed by atoms with Crippen molar-refractivity contribution in [2.45, 2.75) is 52.1 Å². The highest BCUT2D eigenvalue weighted by atomic mass is 79.9. The van der Waals surface area contributed by atoms with E-state index in [-0.39, 0.29) is 11.6 Å². The molecule has 1 heterocycles. The van der Waals surface area contributed by atoms with Crippen molar-refractivity contribution in [3.63, 3.8) is 0 Å². The van der Waals surface area contributed by atoms with E-state index in [1.807, 2.05) is 6.07 Å². The summed E-state index contributed by atoms with van der Waals surface area (Å²) in [5, 5.41) is 0. The van der Waals surface area contributed by atoms with E-state index in [2.05, 4.69) is 48.5 Å². The summed E-state index contributed by atoms with van der Waals surface area (Å²) in [7, 11) is 0. The minimum Gasteiger partial charge on any atom is -0.466 e. The minimum atomic E-state index is -0.114. The molecule has 0 bridgehead atoms. The van der Waals surface area contributed by atoms with Crippen LogP contribution in [0.5, 0.6) is 0 Å². The number of hydrogen-bond acceptors (Lipinski definition) is 3. The smallest absolute Gasteiger partial charge is 0.136 e. The van der Waals surface area contributed by atoms with Gasteiger partial charge in [-0.3, -0.25) is 4.90 Å². The van der Waals surface area contributed by atoms with Gasteiger partial charge in [0.25, 0.3) is 0 Å². The van der Waals surface area contributed by atoms with Crippen LogP contribution >= 0.6 is 15.9 Å². The zero-order chi connectivity index (χ0) is 13.8. The largest absolute Gasteiger partial charge is 0.466 e. The quantitative estimate of drug-likeness (QED) is 0.828. The predicted octanol–water partition coefficient (Wildman–Crippen LogP) is 3.94. The summed E-state index contributed by atoms with van der Waals surface area (Å²) in [6, 6.07) is 1.80. The van der Waals surface area contributed by atoms with Gasteiger partial charge in [0.15, 0.2) is 0 Å². The fourth-order valence-electron chi connectivity index (χ4n) is 2.96. The number of nitrogens with zero attached hydrogens (tertiary/aromatic N) is 1. The summed E-state index contributed by atoms with van der Waals surface area (Å²) in [4.78, 5) is 2.45. The van der Waals surface area contributed by atoms with Gasteiger partial charge in [0.1, 0.15) is 5.76 Å². The van der Waals surface area contributed by atoms with E-state index in [1.54, 1.807) is 6.26 Å². The molecule has 0 saturated heterocycles. The maximum absolute atomic E-state index is 6.53. The first-order valence-corrected chi connectivity index (χ1v) is 7.60. The molecule has 0 radical (unpaired) electrons. The molecule has 4 heteroatoms. The van der Waals surface area contributed by atoms with Gasteiger partial charge >= 0.3 is 0 Å². The molecule has 0 amide bonds. The van der Waals surface area contributed by atoms with Crippen molar-refractivity contribution in [2.75, 3.05) is 13.1 Å². The maximum atomic E-state index is 6.53. The number of halogens is 1. The molecule has 1 atom stereocenters. The van der Waals surface area contributed by atoms with Crippen molar-refractivity contribution < 1.29 is 4.42 Å². The molecule has 0 aromatic carbocycles. The first kappa shape index (κ1) is 15.7. The summed E-state index contributed by atoms with van der Waals surface area (Å²) in [6.07, 6.45) is 3.72. The van der Waals surface area contributed by atoms with Gasteiger partial charge in [-0.1, -0.05) is 27.7 Å². The summed E-state index contributed by atoms with van der Waals surface area (Å²) in [5.41, 5.74) is 6.49. The monoisotopic (exact) mass is 316 g/mol. The molecule has 0 saturated carbocycles. The Labute approximate surface area is 119 Å². The minimum absolute atomic E-state index is 0.0378. The van der Waals surface area contributed by atoms with Crippen LogP contribution in [-0.4, -0.2) is 23.5 Å². The van der Waals surface area contributed by atoms with Gasteiger partial charge < -0.3 is 10.2 Å². The second-order valence-electron chi connectivity index (χ2n) is 4.59. The molecule has 18 heavy (non-hydrogen) atoms. The van der Waals surface area contributed by atoms with Crippen LogP contribution in [0.15, 0.2) is 21.2 Å². The molecule has 104 valence electrons. The highest BCUT2D eigenvalue weighted by Gasteiger charge is 2.40. The predicted molar refractivity (Wildman–Crippen MR) is 79.6 cm³/mol. The Morgan fingerprint density at radius 2 is 1.83 bits per heavy atom. The number of hydrogen-bond donors (Lipinski definition) is 1. The van der Waals surface area contributed by atoms with Gasteiger partial charge in [0, 0.05) is 5.54 Å². The van der Waals surface area contributed by atoms with E-state index < -0.39 is 0 Å². The number of rotatable bonds is 7. The van der Waals surface area contributed by atoms with Crippen LogP contribution in [0.4, 0.5) is 0 Å². The van der Waals surface area contributed by atoms with Crippen molar-refractivity contribution >= 4 is 15.9 Å². The molecule has 0 fully saturated rings. The molecular formula is C14H25BrN2O. The highest BCUT2D eigenvalue weighted by molar-refractivity contribution is 9.10. The van der Waals surface area contributed by atoms with Crippen LogP contribution in [0.1, 0.15) is 52.3 Å². The number of likely N-dealkylation sites (N-methyl/N-ethyl adjacent to an activating group) is 1. The molecule has 0 aliphatic heterocycles. The summed E-state index contributed by atoms with van der Waals surface area (Å²) in [6.45, 7) is 10.8. The molecule has 0 aliphatic rings. The van der Waals surface area contributed by atoms with E-state index in [0.717, 1.165) is 36.2 Å². The second kappa shape index (κ2) is 6.73. The molecule has 1 aromatic heterocycles. The molecule has 1 rings (SSSR count). The Bertz CT molecular complexity index is 356. The van der Waals surface area contributed by atoms with Gasteiger partial charge in [-0.15, -0.1) is 0 Å². The molecule has 0 aliphatic carbocycles. The van der Waals surface area contributed by atoms with Crippen LogP contribution in [0.2, 0.25) is 0 Å². The topological polar surface area (TPSA) is 42.4 Å². The van der Waals surface area contributed by atoms with Gasteiger partial charge in [0.2, 0.25) is 0 Å². The van der Waals surface area contributed by atoms with E-state index in [0.29, 0.717) is 0 Å². The summed E-state index contributed by atoms with van der Waals surface area (Å²) < 4.78 is 6.54. The van der Waals surface area contributed by atoms with E-state index in [4.69, 9.17) is 10.2 Å². The van der Waals surface area contributed by atoms with Crippen molar-refractivity contribution in [1.82, 2.24) is 4.90 Å². The van der Waals surface area contributed by atoms with Crippen LogP contribution < -0.4 is 5.73 Å². The average molecular weight is 317 g/mol. The fraction of sp³-hybridized carbons (Fsp3) is 0.714. The third kappa shape index (κ3) is 2.65. The van der Waals surface area contributed by atoms with Crippen LogP contribution in [0.25, 0.3) is 0 Å². The number of nitrogens with two attached hydrogens (primary N) is 1. The van der Waals surface area contributed by atoms with Crippen molar-refractivity contribution in [3.05, 3.63) is 22.6 Å². The normalized spacial score (nSPS) is 14.2. The van der Waals surface area contributed by atoms with Crippen molar-refractivity contribution in [1.29, 1.82) is 0 Å². The molecule has 0 spiro atoms. The Morgan fingerprint density at radius 3 is 2.17 bits per heavy atom. The van der Waals surface area contributed by atoms with Gasteiger partial charge in [-0.25, -0.2) is 0 Å². The third-order valence-electron chi connectivity index (χ3n) is 4.12. The molecular weight excluding hydrogens is 292 g/mol. The zero-order valence-corrected chi connectivity index (χ0v) is 13.5. The van der Waals surface area contributed by atoms with Gasteiger partial charge in [-0.05, 0) is 47.9 Å².